The Morgan fingerprint density at radius 1 is 1.33 bits per heavy atom. The van der Waals surface area contributed by atoms with Gasteiger partial charge in [0.1, 0.15) is 5.76 Å². The lowest BCUT2D eigenvalue weighted by Crippen LogP contribution is -2.25. The Labute approximate surface area is 104 Å². The lowest BCUT2D eigenvalue weighted by atomic mass is 10.1. The van der Waals surface area contributed by atoms with Gasteiger partial charge < -0.3 is 14.8 Å². The highest BCUT2D eigenvalue weighted by Crippen LogP contribution is 2.57. The van der Waals surface area contributed by atoms with Gasteiger partial charge in [-0.05, 0) is 36.8 Å². The number of fused-ring (bicyclic) bond motifs is 1. The molecule has 1 amide bonds. The maximum atomic E-state index is 11.9. The highest BCUT2D eigenvalue weighted by molar-refractivity contribution is 5.84. The second-order valence-electron chi connectivity index (χ2n) is 5.07. The maximum Gasteiger partial charge on any atom is 0.371 e. The van der Waals surface area contributed by atoms with E-state index < -0.39 is 5.97 Å². The number of carboxylic acid groups (broad SMARTS) is 1. The lowest BCUT2D eigenvalue weighted by molar-refractivity contribution is -0.123. The number of amides is 1. The zero-order valence-corrected chi connectivity index (χ0v) is 9.89. The molecule has 18 heavy (non-hydrogen) atoms. The van der Waals surface area contributed by atoms with Crippen molar-refractivity contribution in [2.75, 3.05) is 0 Å². The smallest absolute Gasteiger partial charge is 0.371 e. The number of carbonyl (C=O) groups is 2. The van der Waals surface area contributed by atoms with Crippen molar-refractivity contribution in [3.8, 4) is 0 Å². The van der Waals surface area contributed by atoms with Crippen LogP contribution in [0, 0.1) is 17.8 Å². The second-order valence-corrected chi connectivity index (χ2v) is 5.07. The van der Waals surface area contributed by atoms with E-state index in [1.807, 2.05) is 0 Å². The Kier molecular flexibility index (Phi) is 2.61. The molecule has 2 saturated carbocycles. The molecule has 2 aliphatic carbocycles. The monoisotopic (exact) mass is 249 g/mol. The van der Waals surface area contributed by atoms with Gasteiger partial charge in [-0.1, -0.05) is 6.42 Å². The van der Waals surface area contributed by atoms with Crippen molar-refractivity contribution < 1.29 is 19.1 Å². The molecule has 0 bridgehead atoms. The van der Waals surface area contributed by atoms with Crippen molar-refractivity contribution in [2.45, 2.75) is 25.8 Å². The molecule has 96 valence electrons. The summed E-state index contributed by atoms with van der Waals surface area (Å²) in [7, 11) is 0. The molecular formula is C13H15NO4. The van der Waals surface area contributed by atoms with E-state index in [9.17, 15) is 9.59 Å². The third-order valence-corrected chi connectivity index (χ3v) is 4.02. The maximum absolute atomic E-state index is 11.9. The molecule has 5 nitrogen and oxygen atoms in total. The topological polar surface area (TPSA) is 79.5 Å². The summed E-state index contributed by atoms with van der Waals surface area (Å²) in [5, 5.41) is 11.5. The Morgan fingerprint density at radius 3 is 2.67 bits per heavy atom. The first-order chi connectivity index (χ1) is 8.66. The molecule has 3 rings (SSSR count). The van der Waals surface area contributed by atoms with Gasteiger partial charge in [-0.15, -0.1) is 0 Å². The van der Waals surface area contributed by atoms with Crippen LogP contribution in [0.2, 0.25) is 0 Å². The van der Waals surface area contributed by atoms with Crippen LogP contribution in [-0.4, -0.2) is 17.0 Å². The molecule has 0 aromatic carbocycles. The first-order valence-electron chi connectivity index (χ1n) is 6.26. The number of carboxylic acids is 1. The first-order valence-corrected chi connectivity index (χ1v) is 6.26. The quantitative estimate of drug-likeness (QED) is 0.850. The van der Waals surface area contributed by atoms with Gasteiger partial charge in [0.25, 0.3) is 0 Å². The molecule has 1 aromatic heterocycles. The number of carbonyl (C=O) groups excluding carboxylic acids is 1. The van der Waals surface area contributed by atoms with E-state index in [0.29, 0.717) is 17.6 Å². The SMILES string of the molecule is O=C(O)c1ccc(CNC(=O)C2C3CCCC32)o1. The summed E-state index contributed by atoms with van der Waals surface area (Å²) in [6.07, 6.45) is 3.60. The summed E-state index contributed by atoms with van der Waals surface area (Å²) in [6, 6.07) is 2.98. The molecule has 0 spiro atoms. The second kappa shape index (κ2) is 4.15. The van der Waals surface area contributed by atoms with Crippen LogP contribution in [0.1, 0.15) is 35.6 Å². The zero-order valence-electron chi connectivity index (χ0n) is 9.89. The van der Waals surface area contributed by atoms with E-state index in [2.05, 4.69) is 5.32 Å². The summed E-state index contributed by atoms with van der Waals surface area (Å²) in [6.45, 7) is 0.266. The van der Waals surface area contributed by atoms with Crippen LogP contribution in [-0.2, 0) is 11.3 Å². The number of hydrogen-bond donors (Lipinski definition) is 2. The van der Waals surface area contributed by atoms with Crippen LogP contribution in [0.5, 0.6) is 0 Å². The van der Waals surface area contributed by atoms with E-state index in [-0.39, 0.29) is 24.1 Å². The molecule has 2 fully saturated rings. The van der Waals surface area contributed by atoms with Crippen LogP contribution < -0.4 is 5.32 Å². The van der Waals surface area contributed by atoms with E-state index in [1.165, 1.54) is 25.3 Å². The first kappa shape index (κ1) is 11.3. The van der Waals surface area contributed by atoms with E-state index in [4.69, 9.17) is 9.52 Å². The predicted molar refractivity (Wildman–Crippen MR) is 61.8 cm³/mol. The molecule has 1 aromatic rings. The predicted octanol–water partition coefficient (Wildman–Crippen LogP) is 1.64. The van der Waals surface area contributed by atoms with Crippen molar-refractivity contribution in [2.24, 2.45) is 17.8 Å². The van der Waals surface area contributed by atoms with Gasteiger partial charge in [-0.3, -0.25) is 4.79 Å². The van der Waals surface area contributed by atoms with E-state index >= 15 is 0 Å². The van der Waals surface area contributed by atoms with Crippen LogP contribution >= 0.6 is 0 Å². The normalized spacial score (nSPS) is 28.8. The number of nitrogens with one attached hydrogen (secondary N) is 1. The average Bonchev–Trinajstić information content (AvgIpc) is 2.75. The highest BCUT2D eigenvalue weighted by atomic mass is 16.4. The largest absolute Gasteiger partial charge is 0.475 e. The average molecular weight is 249 g/mol. The molecule has 5 heteroatoms. The lowest BCUT2D eigenvalue weighted by Gasteiger charge is -2.04. The molecule has 2 N–H and O–H groups in total. The van der Waals surface area contributed by atoms with Crippen molar-refractivity contribution >= 4 is 11.9 Å². The van der Waals surface area contributed by atoms with Crippen LogP contribution in [0.15, 0.2) is 16.5 Å². The molecule has 0 radical (unpaired) electrons. The van der Waals surface area contributed by atoms with Crippen molar-refractivity contribution in [1.82, 2.24) is 5.32 Å². The summed E-state index contributed by atoms with van der Waals surface area (Å²) in [5.74, 6) is 0.747. The van der Waals surface area contributed by atoms with Crippen molar-refractivity contribution in [1.29, 1.82) is 0 Å². The molecule has 0 aliphatic heterocycles. The van der Waals surface area contributed by atoms with Gasteiger partial charge in [0.15, 0.2) is 0 Å². The molecule has 2 unspecified atom stereocenters. The number of furan rings is 1. The van der Waals surface area contributed by atoms with Crippen LogP contribution in [0.4, 0.5) is 0 Å². The van der Waals surface area contributed by atoms with E-state index in [1.54, 1.807) is 6.07 Å². The van der Waals surface area contributed by atoms with Crippen LogP contribution in [0.3, 0.4) is 0 Å². The summed E-state index contributed by atoms with van der Waals surface area (Å²) in [5.41, 5.74) is 0. The fourth-order valence-electron chi connectivity index (χ4n) is 3.09. The number of aromatic carboxylic acids is 1. The van der Waals surface area contributed by atoms with Gasteiger partial charge in [-0.25, -0.2) is 4.79 Å². The summed E-state index contributed by atoms with van der Waals surface area (Å²) in [4.78, 5) is 22.5. The third kappa shape index (κ3) is 1.89. The molecule has 2 aliphatic rings. The third-order valence-electron chi connectivity index (χ3n) is 4.02. The van der Waals surface area contributed by atoms with Gasteiger partial charge >= 0.3 is 5.97 Å². The van der Waals surface area contributed by atoms with E-state index in [0.717, 1.165) is 0 Å². The fraction of sp³-hybridized carbons (Fsp3) is 0.538. The molecule has 2 atom stereocenters. The van der Waals surface area contributed by atoms with Gasteiger partial charge in [0.05, 0.1) is 6.54 Å². The Balaban J connectivity index is 1.52. The van der Waals surface area contributed by atoms with Gasteiger partial charge in [0.2, 0.25) is 11.7 Å². The van der Waals surface area contributed by atoms with Crippen molar-refractivity contribution in [3.05, 3.63) is 23.7 Å². The minimum Gasteiger partial charge on any atom is -0.475 e. The van der Waals surface area contributed by atoms with Gasteiger partial charge in [-0.2, -0.15) is 0 Å². The Hall–Kier alpha value is -1.78. The minimum atomic E-state index is -1.09. The summed E-state index contributed by atoms with van der Waals surface area (Å²) < 4.78 is 5.08. The van der Waals surface area contributed by atoms with Crippen molar-refractivity contribution in [3.63, 3.8) is 0 Å². The minimum absolute atomic E-state index is 0.0815. The zero-order chi connectivity index (χ0) is 12.7. The number of rotatable bonds is 4. The highest BCUT2D eigenvalue weighted by Gasteiger charge is 2.56. The summed E-state index contributed by atoms with van der Waals surface area (Å²) >= 11 is 0. The molecule has 1 heterocycles. The van der Waals surface area contributed by atoms with Gasteiger partial charge in [0, 0.05) is 5.92 Å². The Bertz CT molecular complexity index is 483. The standard InChI is InChI=1S/C13H15NO4/c15-12(11-8-2-1-3-9(8)11)14-6-7-4-5-10(18-7)13(16)17/h4-5,8-9,11H,1-3,6H2,(H,14,15)(H,16,17). The molecular weight excluding hydrogens is 234 g/mol. The molecule has 0 saturated heterocycles. The Morgan fingerprint density at radius 2 is 2.06 bits per heavy atom. The number of hydrogen-bond acceptors (Lipinski definition) is 3. The van der Waals surface area contributed by atoms with Crippen LogP contribution in [0.25, 0.3) is 0 Å². The fourth-order valence-corrected chi connectivity index (χ4v) is 3.09.